The van der Waals surface area contributed by atoms with Crippen molar-refractivity contribution in [2.24, 2.45) is 5.41 Å². The fourth-order valence-electron chi connectivity index (χ4n) is 3.73. The molecule has 1 N–H and O–H groups in total. The van der Waals surface area contributed by atoms with Crippen molar-refractivity contribution in [3.05, 3.63) is 29.8 Å². The molecule has 7 nitrogen and oxygen atoms in total. The highest BCUT2D eigenvalue weighted by atomic mass is 16.7. The maximum absolute atomic E-state index is 13.0. The number of nitrogens with zero attached hydrogens (tertiary/aromatic N) is 2. The van der Waals surface area contributed by atoms with Crippen molar-refractivity contribution in [1.82, 2.24) is 4.90 Å². The molecule has 1 aromatic rings. The zero-order chi connectivity index (χ0) is 18.2. The van der Waals surface area contributed by atoms with Gasteiger partial charge in [-0.15, -0.1) is 0 Å². The Morgan fingerprint density at radius 1 is 1.08 bits per heavy atom. The van der Waals surface area contributed by atoms with E-state index in [1.807, 2.05) is 0 Å². The number of para-hydroxylation sites is 1. The number of anilines is 1. The Kier molecular flexibility index (Phi) is 4.17. The first-order chi connectivity index (χ1) is 12.6. The summed E-state index contributed by atoms with van der Waals surface area (Å²) in [5.41, 5.74) is -0.159. The summed E-state index contributed by atoms with van der Waals surface area (Å²) in [4.78, 5) is 27.5. The van der Waals surface area contributed by atoms with Crippen molar-refractivity contribution >= 4 is 17.5 Å². The molecule has 3 aliphatic rings. The third kappa shape index (κ3) is 2.85. The second-order valence-electron chi connectivity index (χ2n) is 7.09. The maximum Gasteiger partial charge on any atom is 0.240 e. The van der Waals surface area contributed by atoms with Crippen LogP contribution in [0.1, 0.15) is 31.2 Å². The molecular formula is C19H21N3O4. The van der Waals surface area contributed by atoms with E-state index < -0.39 is 11.2 Å². The number of nitriles is 1. The van der Waals surface area contributed by atoms with Gasteiger partial charge in [0.05, 0.1) is 24.5 Å². The van der Waals surface area contributed by atoms with Crippen molar-refractivity contribution in [2.75, 3.05) is 31.6 Å². The van der Waals surface area contributed by atoms with E-state index in [0.717, 1.165) is 0 Å². The largest absolute Gasteiger partial charge is 0.347 e. The van der Waals surface area contributed by atoms with Crippen molar-refractivity contribution in [1.29, 1.82) is 5.26 Å². The molecule has 0 radical (unpaired) electrons. The Hall–Kier alpha value is -2.43. The minimum absolute atomic E-state index is 0.128. The van der Waals surface area contributed by atoms with E-state index in [2.05, 4.69) is 11.4 Å². The smallest absolute Gasteiger partial charge is 0.240 e. The van der Waals surface area contributed by atoms with Gasteiger partial charge < -0.3 is 19.7 Å². The van der Waals surface area contributed by atoms with E-state index in [1.54, 1.807) is 29.2 Å². The van der Waals surface area contributed by atoms with E-state index in [1.165, 1.54) is 0 Å². The molecule has 0 aromatic heterocycles. The van der Waals surface area contributed by atoms with Crippen LogP contribution < -0.4 is 5.32 Å². The molecule has 1 aromatic carbocycles. The summed E-state index contributed by atoms with van der Waals surface area (Å²) >= 11 is 0. The third-order valence-corrected chi connectivity index (χ3v) is 5.52. The number of nitrogens with one attached hydrogen (secondary N) is 1. The van der Waals surface area contributed by atoms with Crippen molar-refractivity contribution in [3.8, 4) is 6.07 Å². The lowest BCUT2D eigenvalue weighted by Crippen LogP contribution is -2.51. The Morgan fingerprint density at radius 3 is 2.35 bits per heavy atom. The molecule has 4 rings (SSSR count). The molecule has 1 aliphatic carbocycles. The predicted molar refractivity (Wildman–Crippen MR) is 91.9 cm³/mol. The number of carbonyl (C=O) groups is 2. The summed E-state index contributed by atoms with van der Waals surface area (Å²) in [7, 11) is 0. The van der Waals surface area contributed by atoms with Gasteiger partial charge in [0.1, 0.15) is 11.5 Å². The summed E-state index contributed by atoms with van der Waals surface area (Å²) in [6.07, 6.45) is 2.35. The van der Waals surface area contributed by atoms with E-state index in [-0.39, 0.29) is 11.8 Å². The van der Waals surface area contributed by atoms with Gasteiger partial charge in [0.15, 0.2) is 5.79 Å². The van der Waals surface area contributed by atoms with Crippen LogP contribution in [-0.2, 0) is 19.1 Å². The van der Waals surface area contributed by atoms with Gasteiger partial charge in [-0.05, 0) is 25.0 Å². The standard InChI is InChI=1S/C19H21N3O4/c20-13-14-3-1-2-4-15(14)21-16(23)18(5-6-18)17(24)22-9-7-19(8-10-22)25-11-12-26-19/h1-4H,5-12H2,(H,21,23). The van der Waals surface area contributed by atoms with Gasteiger partial charge in [-0.3, -0.25) is 9.59 Å². The number of rotatable bonds is 3. The van der Waals surface area contributed by atoms with Gasteiger partial charge in [-0.25, -0.2) is 0 Å². The number of carbonyl (C=O) groups excluding carboxylic acids is 2. The highest BCUT2D eigenvalue weighted by Gasteiger charge is 2.58. The quantitative estimate of drug-likeness (QED) is 0.832. The Labute approximate surface area is 151 Å². The molecule has 1 saturated carbocycles. The number of piperidine rings is 1. The SMILES string of the molecule is N#Cc1ccccc1NC(=O)C1(C(=O)N2CCC3(CC2)OCCO3)CC1. The number of hydrogen-bond donors (Lipinski definition) is 1. The molecular weight excluding hydrogens is 334 g/mol. The van der Waals surface area contributed by atoms with Crippen LogP contribution in [0.25, 0.3) is 0 Å². The van der Waals surface area contributed by atoms with E-state index in [9.17, 15) is 9.59 Å². The second-order valence-corrected chi connectivity index (χ2v) is 7.09. The molecule has 0 bridgehead atoms. The molecule has 136 valence electrons. The molecule has 2 aliphatic heterocycles. The monoisotopic (exact) mass is 355 g/mol. The molecule has 7 heteroatoms. The van der Waals surface area contributed by atoms with Crippen molar-refractivity contribution in [3.63, 3.8) is 0 Å². The van der Waals surface area contributed by atoms with Crippen LogP contribution in [0, 0.1) is 16.7 Å². The zero-order valence-corrected chi connectivity index (χ0v) is 14.5. The van der Waals surface area contributed by atoms with Crippen LogP contribution in [-0.4, -0.2) is 48.8 Å². The maximum atomic E-state index is 13.0. The predicted octanol–water partition coefficient (Wildman–Crippen LogP) is 1.64. The second kappa shape index (κ2) is 6.38. The van der Waals surface area contributed by atoms with Gasteiger partial charge in [0.2, 0.25) is 11.8 Å². The summed E-state index contributed by atoms with van der Waals surface area (Å²) in [6.45, 7) is 2.25. The van der Waals surface area contributed by atoms with Crippen LogP contribution in [0.3, 0.4) is 0 Å². The number of likely N-dealkylation sites (tertiary alicyclic amines) is 1. The summed E-state index contributed by atoms with van der Waals surface area (Å²) < 4.78 is 11.4. The van der Waals surface area contributed by atoms with E-state index in [0.29, 0.717) is 63.2 Å². The van der Waals surface area contributed by atoms with Gasteiger partial charge in [0.25, 0.3) is 0 Å². The van der Waals surface area contributed by atoms with Crippen molar-refractivity contribution in [2.45, 2.75) is 31.5 Å². The summed E-state index contributed by atoms with van der Waals surface area (Å²) in [6, 6.07) is 8.87. The fourth-order valence-corrected chi connectivity index (χ4v) is 3.73. The number of ether oxygens (including phenoxy) is 2. The summed E-state index contributed by atoms with van der Waals surface area (Å²) in [5.74, 6) is -0.988. The lowest BCUT2D eigenvalue weighted by atomic mass is 9.98. The normalized spacial score (nSPS) is 22.7. The average Bonchev–Trinajstić information content (AvgIpc) is 3.37. The number of hydrogen-bond acceptors (Lipinski definition) is 5. The minimum Gasteiger partial charge on any atom is -0.347 e. The third-order valence-electron chi connectivity index (χ3n) is 5.52. The molecule has 0 unspecified atom stereocenters. The average molecular weight is 355 g/mol. The topological polar surface area (TPSA) is 91.7 Å². The molecule has 1 spiro atoms. The minimum atomic E-state index is -0.996. The lowest BCUT2D eigenvalue weighted by Gasteiger charge is -2.38. The van der Waals surface area contributed by atoms with Crippen LogP contribution in [0.4, 0.5) is 5.69 Å². The van der Waals surface area contributed by atoms with Crippen LogP contribution >= 0.6 is 0 Å². The Morgan fingerprint density at radius 2 is 1.73 bits per heavy atom. The Bertz CT molecular complexity index is 765. The Balaban J connectivity index is 1.43. The van der Waals surface area contributed by atoms with Crippen LogP contribution in [0.2, 0.25) is 0 Å². The first-order valence-electron chi connectivity index (χ1n) is 8.97. The first-order valence-corrected chi connectivity index (χ1v) is 8.97. The molecule has 2 heterocycles. The highest BCUT2D eigenvalue weighted by Crippen LogP contribution is 2.49. The van der Waals surface area contributed by atoms with Crippen LogP contribution in [0.5, 0.6) is 0 Å². The van der Waals surface area contributed by atoms with Crippen molar-refractivity contribution < 1.29 is 19.1 Å². The molecule has 2 amide bonds. The number of benzene rings is 1. The zero-order valence-electron chi connectivity index (χ0n) is 14.5. The van der Waals surface area contributed by atoms with E-state index in [4.69, 9.17) is 14.7 Å². The van der Waals surface area contributed by atoms with Gasteiger partial charge >= 0.3 is 0 Å². The van der Waals surface area contributed by atoms with E-state index >= 15 is 0 Å². The van der Waals surface area contributed by atoms with Crippen LogP contribution in [0.15, 0.2) is 24.3 Å². The summed E-state index contributed by atoms with van der Waals surface area (Å²) in [5, 5.41) is 11.9. The molecule has 3 fully saturated rings. The number of amides is 2. The fraction of sp³-hybridized carbons (Fsp3) is 0.526. The molecule has 2 saturated heterocycles. The molecule has 0 atom stereocenters. The van der Waals surface area contributed by atoms with Gasteiger partial charge in [-0.1, -0.05) is 12.1 Å². The lowest BCUT2D eigenvalue weighted by molar-refractivity contribution is -0.188. The van der Waals surface area contributed by atoms with Gasteiger partial charge in [0, 0.05) is 25.9 Å². The molecule has 26 heavy (non-hydrogen) atoms. The highest BCUT2D eigenvalue weighted by molar-refractivity contribution is 6.13. The first kappa shape index (κ1) is 17.0. The van der Waals surface area contributed by atoms with Gasteiger partial charge in [-0.2, -0.15) is 5.26 Å².